The molecule has 0 atom stereocenters. The van der Waals surface area contributed by atoms with E-state index in [0.29, 0.717) is 54.5 Å². The zero-order valence-electron chi connectivity index (χ0n) is 21.9. The molecule has 0 aliphatic carbocycles. The maximum Gasteiger partial charge on any atom is 0.240 e. The zero-order valence-corrected chi connectivity index (χ0v) is 22.7. The molecule has 4 aromatic rings. The molecule has 0 amide bonds. The van der Waals surface area contributed by atoms with Gasteiger partial charge in [-0.05, 0) is 42.8 Å². The summed E-state index contributed by atoms with van der Waals surface area (Å²) in [6, 6.07) is 6.69. The van der Waals surface area contributed by atoms with Crippen LogP contribution in [0.1, 0.15) is 5.69 Å². The largest absolute Gasteiger partial charge is 0.490 e. The van der Waals surface area contributed by atoms with Gasteiger partial charge in [-0.3, -0.25) is 4.90 Å². The molecule has 0 spiro atoms. The van der Waals surface area contributed by atoms with Crippen molar-refractivity contribution in [1.29, 1.82) is 0 Å². The Hall–Kier alpha value is -3.78. The molecule has 10 nitrogen and oxygen atoms in total. The Morgan fingerprint density at radius 2 is 1.85 bits per heavy atom. The summed E-state index contributed by atoms with van der Waals surface area (Å²) in [5.41, 5.74) is 1.71. The Labute approximate surface area is 229 Å². The number of pyridine rings is 1. The second kappa shape index (κ2) is 11.4. The van der Waals surface area contributed by atoms with Gasteiger partial charge in [0, 0.05) is 42.5 Å². The van der Waals surface area contributed by atoms with Gasteiger partial charge in [0.15, 0.2) is 5.82 Å². The summed E-state index contributed by atoms with van der Waals surface area (Å²) >= 11 is 0. The molecule has 0 bridgehead atoms. The SMILES string of the molecule is COc1ncc(-c2cc(OCCN3CCOCC3)c3ncnc(C)c3c2)cc1-c1c(F)ccc(S(N)(=O)=O)c1F. The van der Waals surface area contributed by atoms with E-state index in [1.165, 1.54) is 25.7 Å². The van der Waals surface area contributed by atoms with Crippen molar-refractivity contribution in [2.45, 2.75) is 11.8 Å². The number of primary sulfonamides is 1. The summed E-state index contributed by atoms with van der Waals surface area (Å²) in [5, 5.41) is 5.87. The second-order valence-electron chi connectivity index (χ2n) is 9.19. The Morgan fingerprint density at radius 1 is 1.07 bits per heavy atom. The van der Waals surface area contributed by atoms with Gasteiger partial charge >= 0.3 is 0 Å². The van der Waals surface area contributed by atoms with E-state index < -0.39 is 32.1 Å². The first-order valence-corrected chi connectivity index (χ1v) is 14.0. The summed E-state index contributed by atoms with van der Waals surface area (Å²) in [7, 11) is -3.16. The zero-order chi connectivity index (χ0) is 28.4. The number of rotatable bonds is 8. The van der Waals surface area contributed by atoms with Crippen LogP contribution in [0.3, 0.4) is 0 Å². The van der Waals surface area contributed by atoms with Gasteiger partial charge in [0.1, 0.15) is 34.9 Å². The lowest BCUT2D eigenvalue weighted by molar-refractivity contribution is 0.0323. The summed E-state index contributed by atoms with van der Waals surface area (Å²) in [5.74, 6) is -1.93. The first-order chi connectivity index (χ1) is 19.2. The maximum atomic E-state index is 15.4. The summed E-state index contributed by atoms with van der Waals surface area (Å²) in [6.45, 7) is 5.96. The quantitative estimate of drug-likeness (QED) is 0.339. The number of ether oxygens (including phenoxy) is 3. The van der Waals surface area contributed by atoms with Gasteiger partial charge in [0.05, 0.1) is 31.5 Å². The standard InChI is InChI=1S/C27H27F2N5O5S/c1-16-19-11-17(13-22(26(19)33-15-32-16)39-10-7-34-5-8-38-9-6-34)18-12-20(27(37-2)31-14-18)24-21(28)3-4-23(25(24)29)40(30,35)36/h3-4,11-15H,5-10H2,1-2H3,(H2,30,35,36). The fourth-order valence-corrected chi connectivity index (χ4v) is 5.21. The van der Waals surface area contributed by atoms with Crippen LogP contribution in [0, 0.1) is 18.6 Å². The molecule has 0 radical (unpaired) electrons. The Bertz CT molecular complexity index is 1680. The van der Waals surface area contributed by atoms with E-state index >= 15 is 4.39 Å². The Kier molecular flexibility index (Phi) is 7.90. The van der Waals surface area contributed by atoms with Crippen molar-refractivity contribution in [3.8, 4) is 33.9 Å². The normalized spacial score (nSPS) is 14.4. The third-order valence-corrected chi connectivity index (χ3v) is 7.61. The highest BCUT2D eigenvalue weighted by Gasteiger charge is 2.25. The first-order valence-electron chi connectivity index (χ1n) is 12.4. The number of hydrogen-bond acceptors (Lipinski definition) is 9. The van der Waals surface area contributed by atoms with E-state index in [0.717, 1.165) is 30.6 Å². The average molecular weight is 572 g/mol. The third-order valence-electron chi connectivity index (χ3n) is 6.68. The van der Waals surface area contributed by atoms with Gasteiger partial charge in [-0.2, -0.15) is 0 Å². The van der Waals surface area contributed by atoms with Crippen molar-refractivity contribution in [3.63, 3.8) is 0 Å². The van der Waals surface area contributed by atoms with Crippen molar-refractivity contribution in [2.24, 2.45) is 5.14 Å². The highest BCUT2D eigenvalue weighted by Crippen LogP contribution is 2.39. The number of nitrogens with zero attached hydrogens (tertiary/aromatic N) is 4. The van der Waals surface area contributed by atoms with Crippen molar-refractivity contribution in [2.75, 3.05) is 46.6 Å². The van der Waals surface area contributed by atoms with Crippen LogP contribution < -0.4 is 14.6 Å². The minimum absolute atomic E-state index is 0.0867. The van der Waals surface area contributed by atoms with E-state index in [1.807, 2.05) is 13.0 Å². The van der Waals surface area contributed by atoms with Crippen LogP contribution in [-0.2, 0) is 14.8 Å². The molecule has 0 saturated carbocycles. The molecule has 1 saturated heterocycles. The number of fused-ring (bicyclic) bond motifs is 1. The van der Waals surface area contributed by atoms with Gasteiger partial charge in [0.25, 0.3) is 0 Å². The molecule has 2 aromatic carbocycles. The molecule has 1 aliphatic rings. The number of halogens is 2. The van der Waals surface area contributed by atoms with Crippen LogP contribution in [-0.4, -0.2) is 74.8 Å². The van der Waals surface area contributed by atoms with Gasteiger partial charge in [0.2, 0.25) is 15.9 Å². The molecule has 5 rings (SSSR count). The number of sulfonamides is 1. The average Bonchev–Trinajstić information content (AvgIpc) is 2.93. The predicted octanol–water partition coefficient (Wildman–Crippen LogP) is 3.31. The number of nitrogens with two attached hydrogens (primary N) is 1. The molecule has 2 aromatic heterocycles. The summed E-state index contributed by atoms with van der Waals surface area (Å²) < 4.78 is 71.0. The van der Waals surface area contributed by atoms with Gasteiger partial charge in [-0.15, -0.1) is 0 Å². The first kappa shape index (κ1) is 27.8. The number of hydrogen-bond donors (Lipinski definition) is 1. The van der Waals surface area contributed by atoms with Crippen LogP contribution in [0.15, 0.2) is 47.8 Å². The lowest BCUT2D eigenvalue weighted by Gasteiger charge is -2.26. The van der Waals surface area contributed by atoms with Gasteiger partial charge in [-0.25, -0.2) is 37.3 Å². The van der Waals surface area contributed by atoms with Crippen molar-refractivity contribution < 1.29 is 31.4 Å². The molecular weight excluding hydrogens is 544 g/mol. The predicted molar refractivity (Wildman–Crippen MR) is 144 cm³/mol. The minimum atomic E-state index is -4.46. The molecule has 210 valence electrons. The maximum absolute atomic E-state index is 15.4. The minimum Gasteiger partial charge on any atom is -0.490 e. The fraction of sp³-hybridized carbons (Fsp3) is 0.296. The topological polar surface area (TPSA) is 130 Å². The summed E-state index contributed by atoms with van der Waals surface area (Å²) in [6.07, 6.45) is 2.95. The molecule has 40 heavy (non-hydrogen) atoms. The molecule has 3 heterocycles. The van der Waals surface area contributed by atoms with E-state index in [-0.39, 0.29) is 11.4 Å². The molecular formula is C27H27F2N5O5S. The lowest BCUT2D eigenvalue weighted by Crippen LogP contribution is -2.38. The number of aromatic nitrogens is 3. The molecule has 1 aliphatic heterocycles. The molecule has 13 heteroatoms. The van der Waals surface area contributed by atoms with Crippen LogP contribution in [0.4, 0.5) is 8.78 Å². The van der Waals surface area contributed by atoms with Crippen LogP contribution in [0.2, 0.25) is 0 Å². The second-order valence-corrected chi connectivity index (χ2v) is 10.7. The number of morpholine rings is 1. The van der Waals surface area contributed by atoms with Crippen molar-refractivity contribution in [1.82, 2.24) is 19.9 Å². The van der Waals surface area contributed by atoms with Crippen molar-refractivity contribution >= 4 is 20.9 Å². The van der Waals surface area contributed by atoms with E-state index in [9.17, 15) is 12.8 Å². The van der Waals surface area contributed by atoms with Crippen LogP contribution in [0.5, 0.6) is 11.6 Å². The van der Waals surface area contributed by atoms with E-state index in [2.05, 4.69) is 19.9 Å². The monoisotopic (exact) mass is 571 g/mol. The molecule has 1 fully saturated rings. The molecule has 0 unspecified atom stereocenters. The Morgan fingerprint density at radius 3 is 2.58 bits per heavy atom. The third kappa shape index (κ3) is 5.59. The van der Waals surface area contributed by atoms with Gasteiger partial charge < -0.3 is 14.2 Å². The highest BCUT2D eigenvalue weighted by atomic mass is 32.2. The van der Waals surface area contributed by atoms with Gasteiger partial charge in [-0.1, -0.05) is 0 Å². The van der Waals surface area contributed by atoms with E-state index in [4.69, 9.17) is 19.3 Å². The highest BCUT2D eigenvalue weighted by molar-refractivity contribution is 7.89. The number of benzene rings is 2. The van der Waals surface area contributed by atoms with Crippen molar-refractivity contribution in [3.05, 3.63) is 60.2 Å². The van der Waals surface area contributed by atoms with E-state index in [1.54, 1.807) is 6.07 Å². The molecule has 2 N–H and O–H groups in total. The fourth-order valence-electron chi connectivity index (χ4n) is 4.60. The lowest BCUT2D eigenvalue weighted by atomic mass is 9.99. The van der Waals surface area contributed by atoms with Crippen LogP contribution >= 0.6 is 0 Å². The smallest absolute Gasteiger partial charge is 0.240 e. The van der Waals surface area contributed by atoms with Crippen LogP contribution in [0.25, 0.3) is 33.2 Å². The number of aryl methyl sites for hydroxylation is 1. The Balaban J connectivity index is 1.59. The summed E-state index contributed by atoms with van der Waals surface area (Å²) in [4.78, 5) is 14.4. The number of methoxy groups -OCH3 is 1.